The van der Waals surface area contributed by atoms with Gasteiger partial charge in [0.25, 0.3) is 0 Å². The largest absolute Gasteiger partial charge is 0.393 e. The average Bonchev–Trinajstić information content (AvgIpc) is 2.06. The Morgan fingerprint density at radius 2 is 2.36 bits per heavy atom. The van der Waals surface area contributed by atoms with Crippen molar-refractivity contribution >= 4 is 11.6 Å². The summed E-state index contributed by atoms with van der Waals surface area (Å²) in [6.07, 6.45) is 4.31. The van der Waals surface area contributed by atoms with E-state index in [1.165, 1.54) is 19.3 Å². The molecule has 0 spiro atoms. The molecule has 0 radical (unpaired) electrons. The monoisotopic (exact) mass is 217 g/mol. The number of likely N-dealkylation sites (tertiary alicyclic amines) is 1. The number of piperidine rings is 1. The third kappa shape index (κ3) is 3.99. The normalized spacial score (nSPS) is 26.1. The average molecular weight is 218 g/mol. The van der Waals surface area contributed by atoms with E-state index in [9.17, 15) is 5.11 Å². The zero-order chi connectivity index (χ0) is 10.6. The topological polar surface area (TPSA) is 23.5 Å². The van der Waals surface area contributed by atoms with Crippen LogP contribution >= 0.6 is 11.6 Å². The molecule has 1 rings (SSSR count). The Bertz CT molecular complexity index is 194. The maximum atomic E-state index is 9.37. The summed E-state index contributed by atoms with van der Waals surface area (Å²) < 4.78 is 0. The number of nitrogens with zero attached hydrogens (tertiary/aromatic N) is 1. The Kier molecular flexibility index (Phi) is 4.93. The predicted molar refractivity (Wildman–Crippen MR) is 60.5 cm³/mol. The highest BCUT2D eigenvalue weighted by atomic mass is 35.5. The zero-order valence-corrected chi connectivity index (χ0v) is 9.63. The molecule has 2 atom stereocenters. The summed E-state index contributed by atoms with van der Waals surface area (Å²) >= 11 is 5.81. The molecule has 14 heavy (non-hydrogen) atoms. The minimum Gasteiger partial charge on any atom is -0.393 e. The van der Waals surface area contributed by atoms with Crippen LogP contribution in [0.15, 0.2) is 11.6 Å². The number of aliphatic hydroxyl groups excluding tert-OH is 1. The van der Waals surface area contributed by atoms with E-state index in [-0.39, 0.29) is 6.10 Å². The van der Waals surface area contributed by atoms with E-state index in [4.69, 9.17) is 11.6 Å². The zero-order valence-electron chi connectivity index (χ0n) is 8.88. The molecule has 0 aromatic heterocycles. The lowest BCUT2D eigenvalue weighted by atomic mass is 9.97. The van der Waals surface area contributed by atoms with Gasteiger partial charge in [-0.2, -0.15) is 0 Å². The molecule has 1 saturated heterocycles. The Morgan fingerprint density at radius 1 is 1.64 bits per heavy atom. The highest BCUT2D eigenvalue weighted by molar-refractivity contribution is 6.29. The summed E-state index contributed by atoms with van der Waals surface area (Å²) in [6.45, 7) is 7.42. The van der Waals surface area contributed by atoms with E-state index in [1.54, 1.807) is 0 Å². The molecular weight excluding hydrogens is 198 g/mol. The van der Waals surface area contributed by atoms with Gasteiger partial charge in [0.1, 0.15) is 0 Å². The molecule has 0 aromatic rings. The second-order valence-corrected chi connectivity index (χ2v) is 4.76. The van der Waals surface area contributed by atoms with Crippen molar-refractivity contribution in [1.29, 1.82) is 0 Å². The first-order valence-corrected chi connectivity index (χ1v) is 5.73. The first-order valence-electron chi connectivity index (χ1n) is 5.35. The molecule has 3 heteroatoms. The van der Waals surface area contributed by atoms with Crippen LogP contribution in [0.25, 0.3) is 0 Å². The summed E-state index contributed by atoms with van der Waals surface area (Å²) in [5.74, 6) is 0. The minimum atomic E-state index is -0.218. The van der Waals surface area contributed by atoms with Gasteiger partial charge in [0.05, 0.1) is 6.10 Å². The van der Waals surface area contributed by atoms with E-state index in [2.05, 4.69) is 11.5 Å². The van der Waals surface area contributed by atoms with Gasteiger partial charge in [-0.25, -0.2) is 0 Å². The van der Waals surface area contributed by atoms with Gasteiger partial charge < -0.3 is 5.11 Å². The second kappa shape index (κ2) is 5.74. The van der Waals surface area contributed by atoms with E-state index >= 15 is 0 Å². The van der Waals surface area contributed by atoms with E-state index in [0.29, 0.717) is 11.1 Å². The number of aliphatic hydroxyl groups is 1. The van der Waals surface area contributed by atoms with Gasteiger partial charge >= 0.3 is 0 Å². The molecule has 0 aromatic carbocycles. The Balaban J connectivity index is 2.45. The van der Waals surface area contributed by atoms with Gasteiger partial charge in [0.2, 0.25) is 0 Å². The Morgan fingerprint density at radius 3 is 2.93 bits per heavy atom. The molecule has 0 amide bonds. The quantitative estimate of drug-likeness (QED) is 0.782. The van der Waals surface area contributed by atoms with Gasteiger partial charge in [-0.1, -0.05) is 24.6 Å². The molecule has 1 heterocycles. The maximum Gasteiger partial charge on any atom is 0.0527 e. The van der Waals surface area contributed by atoms with Gasteiger partial charge in [-0.3, -0.25) is 4.90 Å². The van der Waals surface area contributed by atoms with Crippen LogP contribution in [0.1, 0.15) is 32.6 Å². The number of hydrogen-bond donors (Lipinski definition) is 1. The van der Waals surface area contributed by atoms with Crippen LogP contribution in [-0.4, -0.2) is 35.2 Å². The SMILES string of the molecule is C=C(Cl)CN1CCCCC1CC(C)O. The molecule has 0 aliphatic carbocycles. The van der Waals surface area contributed by atoms with Crippen molar-refractivity contribution in [2.45, 2.75) is 44.8 Å². The van der Waals surface area contributed by atoms with Gasteiger partial charge in [0.15, 0.2) is 0 Å². The fourth-order valence-electron chi connectivity index (χ4n) is 2.15. The molecule has 1 N–H and O–H groups in total. The Hall–Kier alpha value is -0.0500. The van der Waals surface area contributed by atoms with Crippen molar-refractivity contribution in [2.24, 2.45) is 0 Å². The fraction of sp³-hybridized carbons (Fsp3) is 0.818. The second-order valence-electron chi connectivity index (χ2n) is 4.22. The van der Waals surface area contributed by atoms with Crippen molar-refractivity contribution in [1.82, 2.24) is 4.90 Å². The fourth-order valence-corrected chi connectivity index (χ4v) is 2.30. The summed E-state index contributed by atoms with van der Waals surface area (Å²) in [6, 6.07) is 0.485. The molecule has 0 saturated carbocycles. The Labute approximate surface area is 91.6 Å². The van der Waals surface area contributed by atoms with Crippen molar-refractivity contribution in [3.05, 3.63) is 11.6 Å². The molecule has 0 bridgehead atoms. The lowest BCUT2D eigenvalue weighted by Gasteiger charge is -2.36. The van der Waals surface area contributed by atoms with Crippen LogP contribution in [0.4, 0.5) is 0 Å². The maximum absolute atomic E-state index is 9.37. The van der Waals surface area contributed by atoms with Crippen LogP contribution in [-0.2, 0) is 0 Å². The number of halogens is 1. The molecule has 2 nitrogen and oxygen atoms in total. The standard InChI is InChI=1S/C11H20ClNO/c1-9(12)8-13-6-4-3-5-11(13)7-10(2)14/h10-11,14H,1,3-8H2,2H3. The van der Waals surface area contributed by atoms with Crippen LogP contribution in [0, 0.1) is 0 Å². The molecule has 1 aliphatic heterocycles. The third-order valence-electron chi connectivity index (χ3n) is 2.74. The minimum absolute atomic E-state index is 0.218. The highest BCUT2D eigenvalue weighted by Gasteiger charge is 2.23. The van der Waals surface area contributed by atoms with Gasteiger partial charge in [0, 0.05) is 17.6 Å². The summed E-state index contributed by atoms with van der Waals surface area (Å²) in [4.78, 5) is 2.34. The molecule has 1 aliphatic rings. The number of rotatable bonds is 4. The van der Waals surface area contributed by atoms with Crippen molar-refractivity contribution in [2.75, 3.05) is 13.1 Å². The molecule has 2 unspecified atom stereocenters. The first kappa shape index (κ1) is 12.0. The van der Waals surface area contributed by atoms with E-state index < -0.39 is 0 Å². The third-order valence-corrected chi connectivity index (χ3v) is 2.86. The highest BCUT2D eigenvalue weighted by Crippen LogP contribution is 2.22. The van der Waals surface area contributed by atoms with Crippen LogP contribution in [0.2, 0.25) is 0 Å². The van der Waals surface area contributed by atoms with Gasteiger partial charge in [-0.15, -0.1) is 0 Å². The first-order chi connectivity index (χ1) is 6.59. The number of hydrogen-bond acceptors (Lipinski definition) is 2. The van der Waals surface area contributed by atoms with Crippen molar-refractivity contribution < 1.29 is 5.11 Å². The van der Waals surface area contributed by atoms with Crippen LogP contribution in [0.3, 0.4) is 0 Å². The summed E-state index contributed by atoms with van der Waals surface area (Å²) in [5.41, 5.74) is 0. The summed E-state index contributed by atoms with van der Waals surface area (Å²) in [5, 5.41) is 10.1. The van der Waals surface area contributed by atoms with E-state index in [0.717, 1.165) is 19.5 Å². The molecule has 1 fully saturated rings. The lowest BCUT2D eigenvalue weighted by molar-refractivity contribution is 0.0946. The lowest BCUT2D eigenvalue weighted by Crippen LogP contribution is -2.41. The van der Waals surface area contributed by atoms with E-state index in [1.807, 2.05) is 6.92 Å². The molecule has 82 valence electrons. The smallest absolute Gasteiger partial charge is 0.0527 e. The van der Waals surface area contributed by atoms with Crippen molar-refractivity contribution in [3.63, 3.8) is 0 Å². The molecular formula is C11H20ClNO. The van der Waals surface area contributed by atoms with Crippen LogP contribution < -0.4 is 0 Å². The predicted octanol–water partition coefficient (Wildman–Crippen LogP) is 2.36. The van der Waals surface area contributed by atoms with Crippen molar-refractivity contribution in [3.8, 4) is 0 Å². The summed E-state index contributed by atoms with van der Waals surface area (Å²) in [7, 11) is 0. The van der Waals surface area contributed by atoms with Gasteiger partial charge in [-0.05, 0) is 32.7 Å². The van der Waals surface area contributed by atoms with Crippen LogP contribution in [0.5, 0.6) is 0 Å².